The summed E-state index contributed by atoms with van der Waals surface area (Å²) in [7, 11) is 1.32. The Morgan fingerprint density at radius 2 is 2.08 bits per heavy atom. The summed E-state index contributed by atoms with van der Waals surface area (Å²) in [6.45, 7) is 4.64. The van der Waals surface area contributed by atoms with Crippen molar-refractivity contribution in [2.75, 3.05) is 20.2 Å². The molecule has 0 saturated carbocycles. The van der Waals surface area contributed by atoms with Crippen LogP contribution in [0.1, 0.15) is 24.1 Å². The van der Waals surface area contributed by atoms with Crippen LogP contribution in [0.4, 0.5) is 0 Å². The third-order valence-electron chi connectivity index (χ3n) is 4.82. The Kier molecular flexibility index (Phi) is 5.11. The molecule has 5 heteroatoms. The Morgan fingerprint density at radius 3 is 2.79 bits per heavy atom. The summed E-state index contributed by atoms with van der Waals surface area (Å²) in [6.07, 6.45) is 0.627. The first-order valence-electron chi connectivity index (χ1n) is 8.41. The van der Waals surface area contributed by atoms with Gasteiger partial charge in [0.25, 0.3) is 0 Å². The van der Waals surface area contributed by atoms with Gasteiger partial charge in [0, 0.05) is 17.6 Å². The molecule has 24 heavy (non-hydrogen) atoms. The van der Waals surface area contributed by atoms with E-state index in [0.29, 0.717) is 0 Å². The van der Waals surface area contributed by atoms with E-state index in [-0.39, 0.29) is 5.92 Å². The fourth-order valence-electron chi connectivity index (χ4n) is 3.37. The van der Waals surface area contributed by atoms with Crippen molar-refractivity contribution in [1.29, 1.82) is 0 Å². The monoisotopic (exact) mass is 328 g/mol. The van der Waals surface area contributed by atoms with E-state index >= 15 is 0 Å². The number of rotatable bonds is 4. The van der Waals surface area contributed by atoms with Gasteiger partial charge in [0.2, 0.25) is 0 Å². The van der Waals surface area contributed by atoms with E-state index in [0.717, 1.165) is 49.1 Å². The number of aliphatic hydroxyl groups excluding tert-OH is 1. The third-order valence-corrected chi connectivity index (χ3v) is 4.82. The Morgan fingerprint density at radius 1 is 1.33 bits per heavy atom. The van der Waals surface area contributed by atoms with Gasteiger partial charge in [-0.3, -0.25) is 9.88 Å². The highest BCUT2D eigenvalue weighted by molar-refractivity contribution is 5.79. The maximum absolute atomic E-state index is 11.4. The minimum atomic E-state index is -0.993. The topological polar surface area (TPSA) is 62.7 Å². The van der Waals surface area contributed by atoms with Crippen molar-refractivity contribution in [1.82, 2.24) is 9.88 Å². The van der Waals surface area contributed by atoms with Crippen molar-refractivity contribution in [3.05, 3.63) is 41.6 Å². The zero-order valence-corrected chi connectivity index (χ0v) is 14.2. The van der Waals surface area contributed by atoms with Crippen LogP contribution in [-0.2, 0) is 16.1 Å². The van der Waals surface area contributed by atoms with Crippen LogP contribution in [0.15, 0.2) is 30.3 Å². The molecule has 1 atom stereocenters. The largest absolute Gasteiger partial charge is 0.467 e. The molecule has 1 N–H and O–H groups in total. The van der Waals surface area contributed by atoms with Crippen molar-refractivity contribution in [3.8, 4) is 0 Å². The van der Waals surface area contributed by atoms with Crippen molar-refractivity contribution >= 4 is 16.9 Å². The number of aryl methyl sites for hydroxylation is 1. The number of pyridine rings is 1. The highest BCUT2D eigenvalue weighted by atomic mass is 16.5. The van der Waals surface area contributed by atoms with Gasteiger partial charge in [-0.25, -0.2) is 4.79 Å². The Labute approximate surface area is 142 Å². The number of fused-ring (bicyclic) bond motifs is 1. The van der Waals surface area contributed by atoms with E-state index in [1.807, 2.05) is 13.0 Å². The second-order valence-electron chi connectivity index (χ2n) is 6.56. The van der Waals surface area contributed by atoms with Crippen molar-refractivity contribution in [2.24, 2.45) is 5.92 Å². The van der Waals surface area contributed by atoms with Gasteiger partial charge in [0.1, 0.15) is 0 Å². The molecule has 1 saturated heterocycles. The summed E-state index contributed by atoms with van der Waals surface area (Å²) in [5.41, 5.74) is 3.32. The fraction of sp³-hybridized carbons (Fsp3) is 0.474. The summed E-state index contributed by atoms with van der Waals surface area (Å²) in [4.78, 5) is 18.3. The maximum atomic E-state index is 11.4. The number of methoxy groups -OCH3 is 1. The number of benzene rings is 1. The average Bonchev–Trinajstić information content (AvgIpc) is 2.61. The minimum Gasteiger partial charge on any atom is -0.467 e. The van der Waals surface area contributed by atoms with Crippen LogP contribution in [-0.4, -0.2) is 47.3 Å². The highest BCUT2D eigenvalue weighted by Crippen LogP contribution is 2.23. The lowest BCUT2D eigenvalue weighted by Gasteiger charge is -2.33. The standard InChI is InChI=1S/C19H24N2O3/c1-13-3-5-16-11-14(4-6-17(16)20-13)12-21-9-7-15(8-10-21)18(22)19(23)24-2/h3-6,11,15,18,22H,7-10,12H2,1-2H3. The van der Waals surface area contributed by atoms with Gasteiger partial charge in [-0.2, -0.15) is 0 Å². The Bertz CT molecular complexity index is 724. The number of nitrogens with zero attached hydrogens (tertiary/aromatic N) is 2. The molecule has 128 valence electrons. The number of aliphatic hydroxyl groups is 1. The molecule has 1 aliphatic rings. The number of carbonyl (C=O) groups is 1. The lowest BCUT2D eigenvalue weighted by atomic mass is 9.91. The van der Waals surface area contributed by atoms with E-state index in [2.05, 4.69) is 38.9 Å². The second-order valence-corrected chi connectivity index (χ2v) is 6.56. The lowest BCUT2D eigenvalue weighted by Crippen LogP contribution is -2.40. The molecule has 1 aliphatic heterocycles. The molecule has 0 aliphatic carbocycles. The molecule has 2 heterocycles. The van der Waals surface area contributed by atoms with E-state index in [4.69, 9.17) is 0 Å². The molecular weight excluding hydrogens is 304 g/mol. The predicted molar refractivity (Wildman–Crippen MR) is 92.5 cm³/mol. The van der Waals surface area contributed by atoms with Crippen LogP contribution >= 0.6 is 0 Å². The van der Waals surface area contributed by atoms with Crippen LogP contribution in [0, 0.1) is 12.8 Å². The zero-order valence-electron chi connectivity index (χ0n) is 14.2. The number of hydrogen-bond acceptors (Lipinski definition) is 5. The molecule has 1 unspecified atom stereocenters. The molecule has 0 radical (unpaired) electrons. The number of hydrogen-bond donors (Lipinski definition) is 1. The van der Waals surface area contributed by atoms with Crippen LogP contribution < -0.4 is 0 Å². The van der Waals surface area contributed by atoms with Gasteiger partial charge in [-0.15, -0.1) is 0 Å². The van der Waals surface area contributed by atoms with Gasteiger partial charge in [-0.1, -0.05) is 12.1 Å². The van der Waals surface area contributed by atoms with Crippen molar-refractivity contribution in [3.63, 3.8) is 0 Å². The van der Waals surface area contributed by atoms with Gasteiger partial charge in [0.15, 0.2) is 6.10 Å². The molecular formula is C19H24N2O3. The highest BCUT2D eigenvalue weighted by Gasteiger charge is 2.30. The van der Waals surface area contributed by atoms with Gasteiger partial charge < -0.3 is 9.84 Å². The quantitative estimate of drug-likeness (QED) is 0.873. The molecule has 0 amide bonds. The van der Waals surface area contributed by atoms with Crippen LogP contribution in [0.5, 0.6) is 0 Å². The minimum absolute atomic E-state index is 0.00233. The first-order valence-corrected chi connectivity index (χ1v) is 8.41. The fourth-order valence-corrected chi connectivity index (χ4v) is 3.37. The number of likely N-dealkylation sites (tertiary alicyclic amines) is 1. The first-order chi connectivity index (χ1) is 11.6. The maximum Gasteiger partial charge on any atom is 0.334 e. The Balaban J connectivity index is 1.60. The van der Waals surface area contributed by atoms with Gasteiger partial charge in [0.05, 0.1) is 12.6 Å². The van der Waals surface area contributed by atoms with Crippen molar-refractivity contribution < 1.29 is 14.6 Å². The molecule has 2 aromatic rings. The summed E-state index contributed by atoms with van der Waals surface area (Å²) in [6, 6.07) is 10.5. The number of carbonyl (C=O) groups excluding carboxylic acids is 1. The second kappa shape index (κ2) is 7.28. The molecule has 3 rings (SSSR count). The van der Waals surface area contributed by atoms with Crippen LogP contribution in [0.25, 0.3) is 10.9 Å². The molecule has 1 aromatic heterocycles. The lowest BCUT2D eigenvalue weighted by molar-refractivity contribution is -0.154. The molecule has 0 bridgehead atoms. The molecule has 5 nitrogen and oxygen atoms in total. The molecule has 1 aromatic carbocycles. The average molecular weight is 328 g/mol. The van der Waals surface area contributed by atoms with Gasteiger partial charge >= 0.3 is 5.97 Å². The summed E-state index contributed by atoms with van der Waals surface area (Å²) in [5.74, 6) is -0.525. The zero-order chi connectivity index (χ0) is 17.1. The van der Waals surface area contributed by atoms with Crippen LogP contribution in [0.3, 0.4) is 0 Å². The summed E-state index contributed by atoms with van der Waals surface area (Å²) in [5, 5.41) is 11.1. The Hall–Kier alpha value is -1.98. The van der Waals surface area contributed by atoms with Crippen LogP contribution in [0.2, 0.25) is 0 Å². The van der Waals surface area contributed by atoms with E-state index in [1.54, 1.807) is 0 Å². The smallest absolute Gasteiger partial charge is 0.334 e. The summed E-state index contributed by atoms with van der Waals surface area (Å²) >= 11 is 0. The van der Waals surface area contributed by atoms with E-state index in [1.165, 1.54) is 12.7 Å². The number of piperidine rings is 1. The number of aromatic nitrogens is 1. The molecule has 1 fully saturated rings. The number of ether oxygens (including phenoxy) is 1. The van der Waals surface area contributed by atoms with E-state index in [9.17, 15) is 9.90 Å². The SMILES string of the molecule is COC(=O)C(O)C1CCN(Cc2ccc3nc(C)ccc3c2)CC1. The van der Waals surface area contributed by atoms with Crippen molar-refractivity contribution in [2.45, 2.75) is 32.4 Å². The number of esters is 1. The first kappa shape index (κ1) is 16.9. The predicted octanol–water partition coefficient (Wildman–Crippen LogP) is 2.29. The van der Waals surface area contributed by atoms with E-state index < -0.39 is 12.1 Å². The third kappa shape index (κ3) is 3.74. The normalized spacial score (nSPS) is 17.8. The summed E-state index contributed by atoms with van der Waals surface area (Å²) < 4.78 is 4.63. The molecule has 0 spiro atoms. The van der Waals surface area contributed by atoms with Gasteiger partial charge in [-0.05, 0) is 62.5 Å².